The van der Waals surface area contributed by atoms with Gasteiger partial charge in [0.05, 0.1) is 13.2 Å². The molecule has 0 atom stereocenters. The number of anilines is 1. The maximum atomic E-state index is 5.86. The highest BCUT2D eigenvalue weighted by Gasteiger charge is 2.20. The van der Waals surface area contributed by atoms with Crippen LogP contribution in [-0.4, -0.2) is 60.5 Å². The van der Waals surface area contributed by atoms with Gasteiger partial charge in [-0.05, 0) is 22.0 Å². The average Bonchev–Trinajstić information content (AvgIpc) is 2.87. The Morgan fingerprint density at radius 2 is 2.00 bits per heavy atom. The van der Waals surface area contributed by atoms with Gasteiger partial charge in [-0.25, -0.2) is 15.0 Å². The van der Waals surface area contributed by atoms with E-state index in [1.165, 1.54) is 0 Å². The lowest BCUT2D eigenvalue weighted by atomic mass is 10.4. The molecule has 7 nitrogen and oxygen atoms in total. The van der Waals surface area contributed by atoms with E-state index >= 15 is 0 Å². The van der Waals surface area contributed by atoms with Gasteiger partial charge in [0, 0.05) is 27.8 Å². The van der Waals surface area contributed by atoms with Crippen LogP contribution in [-0.2, 0) is 16.2 Å². The van der Waals surface area contributed by atoms with Crippen molar-refractivity contribution in [1.29, 1.82) is 0 Å². The van der Waals surface area contributed by atoms with Gasteiger partial charge in [0.15, 0.2) is 21.7 Å². The Morgan fingerprint density at radius 3 is 2.71 bits per heavy atom. The van der Waals surface area contributed by atoms with Gasteiger partial charge in [-0.1, -0.05) is 19.6 Å². The number of hydrogen-bond donors (Lipinski definition) is 0. The molecular formula is C15H24BrN5O2Si. The highest BCUT2D eigenvalue weighted by atomic mass is 79.9. The fraction of sp³-hybridized carbons (Fsp3) is 0.667. The van der Waals surface area contributed by atoms with Gasteiger partial charge in [0.25, 0.3) is 0 Å². The largest absolute Gasteiger partial charge is 0.378 e. The molecule has 1 aliphatic heterocycles. The molecule has 0 radical (unpaired) electrons. The minimum atomic E-state index is -1.08. The van der Waals surface area contributed by atoms with E-state index in [2.05, 4.69) is 55.4 Å². The molecule has 132 valence electrons. The summed E-state index contributed by atoms with van der Waals surface area (Å²) in [5, 5.41) is 0. The number of morpholine rings is 1. The van der Waals surface area contributed by atoms with Crippen LogP contribution in [0.1, 0.15) is 0 Å². The molecule has 24 heavy (non-hydrogen) atoms. The predicted octanol–water partition coefficient (Wildman–Crippen LogP) is 2.74. The van der Waals surface area contributed by atoms with Crippen molar-refractivity contribution in [3.05, 3.63) is 11.1 Å². The monoisotopic (exact) mass is 413 g/mol. The molecule has 1 fully saturated rings. The lowest BCUT2D eigenvalue weighted by Gasteiger charge is -2.27. The second kappa shape index (κ2) is 7.47. The third kappa shape index (κ3) is 4.13. The summed E-state index contributed by atoms with van der Waals surface area (Å²) in [5.41, 5.74) is 1.60. The van der Waals surface area contributed by atoms with Crippen molar-refractivity contribution in [2.75, 3.05) is 37.8 Å². The molecule has 1 aliphatic rings. The topological polar surface area (TPSA) is 65.3 Å². The van der Waals surface area contributed by atoms with Crippen LogP contribution in [0.5, 0.6) is 0 Å². The minimum Gasteiger partial charge on any atom is -0.378 e. The fourth-order valence-electron chi connectivity index (χ4n) is 2.55. The highest BCUT2D eigenvalue weighted by Crippen LogP contribution is 2.26. The lowest BCUT2D eigenvalue weighted by Crippen LogP contribution is -2.37. The number of fused-ring (bicyclic) bond motifs is 1. The van der Waals surface area contributed by atoms with Crippen LogP contribution >= 0.6 is 15.9 Å². The maximum absolute atomic E-state index is 5.86. The van der Waals surface area contributed by atoms with Crippen LogP contribution in [0.25, 0.3) is 11.2 Å². The first-order valence-electron chi connectivity index (χ1n) is 8.23. The number of hydrogen-bond acceptors (Lipinski definition) is 6. The molecule has 0 spiro atoms. The quantitative estimate of drug-likeness (QED) is 0.412. The lowest BCUT2D eigenvalue weighted by molar-refractivity contribution is 0.0880. The zero-order valence-corrected chi connectivity index (χ0v) is 17.0. The van der Waals surface area contributed by atoms with E-state index in [0.717, 1.165) is 47.5 Å². The summed E-state index contributed by atoms with van der Waals surface area (Å²) in [4.78, 5) is 15.7. The molecule has 2 aromatic heterocycles. The molecule has 3 heterocycles. The molecule has 2 aromatic rings. The first-order chi connectivity index (χ1) is 11.5. The Labute approximate surface area is 151 Å². The summed E-state index contributed by atoms with van der Waals surface area (Å²) >= 11 is 3.53. The van der Waals surface area contributed by atoms with E-state index in [1.807, 2.05) is 4.57 Å². The molecule has 9 heteroatoms. The number of nitrogens with zero attached hydrogens (tertiary/aromatic N) is 5. The third-order valence-corrected chi connectivity index (χ3v) is 6.30. The van der Waals surface area contributed by atoms with E-state index in [0.29, 0.717) is 19.9 Å². The first-order valence-corrected chi connectivity index (χ1v) is 12.7. The third-order valence-electron chi connectivity index (χ3n) is 3.99. The van der Waals surface area contributed by atoms with E-state index in [1.54, 1.807) is 6.33 Å². The summed E-state index contributed by atoms with van der Waals surface area (Å²) in [7, 11) is -1.08. The van der Waals surface area contributed by atoms with Crippen molar-refractivity contribution in [3.8, 4) is 0 Å². The summed E-state index contributed by atoms with van der Waals surface area (Å²) < 4.78 is 14.0. The van der Waals surface area contributed by atoms with E-state index in [-0.39, 0.29) is 0 Å². The second-order valence-corrected chi connectivity index (χ2v) is 13.5. The molecule has 0 amide bonds. The van der Waals surface area contributed by atoms with Gasteiger partial charge >= 0.3 is 0 Å². The zero-order chi connectivity index (χ0) is 17.2. The molecular weight excluding hydrogens is 390 g/mol. The van der Waals surface area contributed by atoms with Crippen molar-refractivity contribution >= 4 is 41.0 Å². The van der Waals surface area contributed by atoms with Crippen LogP contribution in [0.15, 0.2) is 11.1 Å². The normalized spacial score (nSPS) is 16.1. The molecule has 0 N–H and O–H groups in total. The average molecular weight is 414 g/mol. The summed E-state index contributed by atoms with van der Waals surface area (Å²) in [6.45, 7) is 11.3. The number of rotatable bonds is 6. The number of halogens is 1. The van der Waals surface area contributed by atoms with Crippen LogP contribution in [0.2, 0.25) is 25.7 Å². The van der Waals surface area contributed by atoms with Crippen molar-refractivity contribution in [3.63, 3.8) is 0 Å². The van der Waals surface area contributed by atoms with Crippen LogP contribution in [0.3, 0.4) is 0 Å². The zero-order valence-electron chi connectivity index (χ0n) is 14.5. The predicted molar refractivity (Wildman–Crippen MR) is 100 cm³/mol. The molecule has 0 bridgehead atoms. The van der Waals surface area contributed by atoms with Crippen molar-refractivity contribution in [1.82, 2.24) is 19.5 Å². The Bertz CT molecular complexity index is 697. The number of aromatic nitrogens is 4. The van der Waals surface area contributed by atoms with E-state index < -0.39 is 8.07 Å². The van der Waals surface area contributed by atoms with Crippen molar-refractivity contribution in [2.24, 2.45) is 0 Å². The highest BCUT2D eigenvalue weighted by molar-refractivity contribution is 9.10. The summed E-state index contributed by atoms with van der Waals surface area (Å²) in [5.74, 6) is 0.866. The molecule has 1 saturated heterocycles. The molecule has 0 unspecified atom stereocenters. The summed E-state index contributed by atoms with van der Waals surface area (Å²) in [6.07, 6.45) is 1.60. The van der Waals surface area contributed by atoms with Crippen LogP contribution in [0, 0.1) is 0 Å². The van der Waals surface area contributed by atoms with Crippen LogP contribution in [0.4, 0.5) is 5.82 Å². The number of imidazole rings is 1. The SMILES string of the molecule is C[Si](C)(C)CCOCn1c(Br)nc2c(N3CCOCC3)ncnc21. The maximum Gasteiger partial charge on any atom is 0.181 e. The standard InChI is InChI=1S/C15H24BrN5O2Si/c1-24(2,3)9-8-23-11-21-14-12(19-15(21)16)13(17-10-18-14)20-4-6-22-7-5-20/h10H,4-9,11H2,1-3H3. The second-order valence-electron chi connectivity index (χ2n) is 7.13. The molecule has 3 rings (SSSR count). The van der Waals surface area contributed by atoms with Crippen LogP contribution < -0.4 is 4.90 Å². The Kier molecular flexibility index (Phi) is 5.53. The number of ether oxygens (including phenoxy) is 2. The first kappa shape index (κ1) is 17.8. The smallest absolute Gasteiger partial charge is 0.181 e. The van der Waals surface area contributed by atoms with Gasteiger partial charge in [-0.3, -0.25) is 4.57 Å². The Balaban J connectivity index is 1.78. The Morgan fingerprint density at radius 1 is 1.25 bits per heavy atom. The fourth-order valence-corrected chi connectivity index (χ4v) is 3.76. The van der Waals surface area contributed by atoms with Gasteiger partial charge < -0.3 is 14.4 Å². The molecule has 0 saturated carbocycles. The molecule has 0 aliphatic carbocycles. The Hall–Kier alpha value is -1.03. The van der Waals surface area contributed by atoms with E-state index in [4.69, 9.17) is 9.47 Å². The van der Waals surface area contributed by atoms with Crippen molar-refractivity contribution < 1.29 is 9.47 Å². The van der Waals surface area contributed by atoms with Gasteiger partial charge in [-0.2, -0.15) is 0 Å². The van der Waals surface area contributed by atoms with E-state index in [9.17, 15) is 0 Å². The molecule has 0 aromatic carbocycles. The van der Waals surface area contributed by atoms with Crippen molar-refractivity contribution in [2.45, 2.75) is 32.4 Å². The summed E-state index contributed by atoms with van der Waals surface area (Å²) in [6, 6.07) is 1.14. The minimum absolute atomic E-state index is 0.446. The van der Waals surface area contributed by atoms with Gasteiger partial charge in [0.2, 0.25) is 0 Å². The van der Waals surface area contributed by atoms with Gasteiger partial charge in [-0.15, -0.1) is 0 Å². The van der Waals surface area contributed by atoms with Gasteiger partial charge in [0.1, 0.15) is 13.1 Å².